The molecule has 0 radical (unpaired) electrons. The van der Waals surface area contributed by atoms with Gasteiger partial charge in [-0.1, -0.05) is 30.3 Å². The van der Waals surface area contributed by atoms with Crippen molar-refractivity contribution in [3.05, 3.63) is 105 Å². The molecule has 1 amide bonds. The van der Waals surface area contributed by atoms with E-state index in [1.54, 1.807) is 23.7 Å². The Labute approximate surface area is 190 Å². The van der Waals surface area contributed by atoms with Gasteiger partial charge >= 0.3 is 0 Å². The highest BCUT2D eigenvalue weighted by molar-refractivity contribution is 6.06. The zero-order chi connectivity index (χ0) is 23.5. The highest BCUT2D eigenvalue weighted by Gasteiger charge is 2.21. The molecule has 0 unspecified atom stereocenters. The molecule has 0 aliphatic carbocycles. The summed E-state index contributed by atoms with van der Waals surface area (Å²) in [6.07, 6.45) is 0. The summed E-state index contributed by atoms with van der Waals surface area (Å²) in [5, 5.41) is 18.7. The maximum absolute atomic E-state index is 13.1. The molecular formula is C25H22N4O4. The van der Waals surface area contributed by atoms with Gasteiger partial charge in [0.15, 0.2) is 0 Å². The van der Waals surface area contributed by atoms with Crippen molar-refractivity contribution in [3.63, 3.8) is 0 Å². The number of aryl methyl sites for hydroxylation is 2. The highest BCUT2D eigenvalue weighted by atomic mass is 16.6. The van der Waals surface area contributed by atoms with Gasteiger partial charge in [0.25, 0.3) is 11.6 Å². The van der Waals surface area contributed by atoms with E-state index < -0.39 is 10.8 Å². The first-order valence-corrected chi connectivity index (χ1v) is 10.3. The number of hydrogen-bond acceptors (Lipinski definition) is 5. The average molecular weight is 442 g/mol. The van der Waals surface area contributed by atoms with Crippen LogP contribution in [-0.2, 0) is 0 Å². The number of non-ortho nitro benzene ring substituents is 1. The maximum atomic E-state index is 13.1. The molecule has 0 aliphatic heterocycles. The molecular weight excluding hydrogens is 420 g/mol. The normalized spacial score (nSPS) is 10.6. The Morgan fingerprint density at radius 3 is 2.42 bits per heavy atom. The third kappa shape index (κ3) is 4.74. The van der Waals surface area contributed by atoms with Gasteiger partial charge in [0.05, 0.1) is 39.3 Å². The summed E-state index contributed by atoms with van der Waals surface area (Å²) in [4.78, 5) is 24.1. The van der Waals surface area contributed by atoms with Gasteiger partial charge < -0.3 is 10.1 Å². The molecule has 33 heavy (non-hydrogen) atoms. The number of para-hydroxylation sites is 1. The number of nitrogens with one attached hydrogen (secondary N) is 1. The number of benzene rings is 3. The Hall–Kier alpha value is -4.46. The lowest BCUT2D eigenvalue weighted by molar-refractivity contribution is -0.384. The first-order valence-electron chi connectivity index (χ1n) is 10.3. The molecule has 4 aromatic rings. The van der Waals surface area contributed by atoms with E-state index in [0.717, 1.165) is 11.3 Å². The zero-order valence-electron chi connectivity index (χ0n) is 18.4. The van der Waals surface area contributed by atoms with Crippen LogP contribution in [-0.4, -0.2) is 20.6 Å². The van der Waals surface area contributed by atoms with Crippen LogP contribution in [0.5, 0.6) is 11.5 Å². The van der Waals surface area contributed by atoms with Crippen LogP contribution in [0.25, 0.3) is 5.69 Å². The number of nitro benzene ring substituents is 1. The molecule has 3 aromatic carbocycles. The standard InChI is InChI=1S/C25H22N4O4/c1-16-8-7-11-22(12-16)33-23-14-19(13-21(15-23)29(31)32)26-25(30)24-17(2)27-28(18(24)3)20-9-5-4-6-10-20/h4-15H,1-3H3,(H,26,30). The van der Waals surface area contributed by atoms with Crippen LogP contribution in [0.3, 0.4) is 0 Å². The first kappa shape index (κ1) is 21.8. The smallest absolute Gasteiger partial charge is 0.275 e. The van der Waals surface area contributed by atoms with Gasteiger partial charge in [-0.2, -0.15) is 5.10 Å². The van der Waals surface area contributed by atoms with E-state index >= 15 is 0 Å². The monoisotopic (exact) mass is 442 g/mol. The Morgan fingerprint density at radius 1 is 0.970 bits per heavy atom. The summed E-state index contributed by atoms with van der Waals surface area (Å²) in [6, 6.07) is 21.0. The van der Waals surface area contributed by atoms with Gasteiger partial charge in [-0.05, 0) is 50.6 Å². The lowest BCUT2D eigenvalue weighted by atomic mass is 10.1. The molecule has 8 heteroatoms. The van der Waals surface area contributed by atoms with E-state index in [1.165, 1.54) is 12.1 Å². The van der Waals surface area contributed by atoms with E-state index in [2.05, 4.69) is 10.4 Å². The third-order valence-electron chi connectivity index (χ3n) is 5.10. The van der Waals surface area contributed by atoms with Crippen molar-refractivity contribution in [1.29, 1.82) is 0 Å². The minimum Gasteiger partial charge on any atom is -0.457 e. The number of nitro groups is 1. The fraction of sp³-hybridized carbons (Fsp3) is 0.120. The van der Waals surface area contributed by atoms with Crippen molar-refractivity contribution in [2.75, 3.05) is 5.32 Å². The van der Waals surface area contributed by atoms with Gasteiger partial charge in [0.2, 0.25) is 0 Å². The summed E-state index contributed by atoms with van der Waals surface area (Å²) in [6.45, 7) is 5.48. The Bertz CT molecular complexity index is 1350. The zero-order valence-corrected chi connectivity index (χ0v) is 18.4. The molecule has 8 nitrogen and oxygen atoms in total. The molecule has 0 atom stereocenters. The topological polar surface area (TPSA) is 99.3 Å². The van der Waals surface area contributed by atoms with Crippen molar-refractivity contribution in [2.45, 2.75) is 20.8 Å². The predicted molar refractivity (Wildman–Crippen MR) is 125 cm³/mol. The van der Waals surface area contributed by atoms with Gasteiger partial charge in [0.1, 0.15) is 11.5 Å². The van der Waals surface area contributed by atoms with Crippen LogP contribution in [0, 0.1) is 30.9 Å². The first-order chi connectivity index (χ1) is 15.8. The van der Waals surface area contributed by atoms with Crippen molar-refractivity contribution in [2.24, 2.45) is 0 Å². The molecule has 0 spiro atoms. The number of carbonyl (C=O) groups excluding carboxylic acids is 1. The highest BCUT2D eigenvalue weighted by Crippen LogP contribution is 2.30. The number of hydrogen-bond donors (Lipinski definition) is 1. The van der Waals surface area contributed by atoms with Crippen LogP contribution in [0.4, 0.5) is 11.4 Å². The molecule has 166 valence electrons. The third-order valence-corrected chi connectivity index (χ3v) is 5.10. The van der Waals surface area contributed by atoms with Crippen LogP contribution < -0.4 is 10.1 Å². The summed E-state index contributed by atoms with van der Waals surface area (Å²) in [5.41, 5.74) is 3.51. The fourth-order valence-electron chi connectivity index (χ4n) is 3.62. The molecule has 0 fully saturated rings. The Morgan fingerprint density at radius 2 is 1.73 bits per heavy atom. The number of carbonyl (C=O) groups is 1. The van der Waals surface area contributed by atoms with E-state index in [0.29, 0.717) is 22.7 Å². The van der Waals surface area contributed by atoms with Crippen molar-refractivity contribution in [1.82, 2.24) is 9.78 Å². The number of anilines is 1. The van der Waals surface area contributed by atoms with Crippen LogP contribution in [0.1, 0.15) is 27.3 Å². The number of rotatable bonds is 6. The van der Waals surface area contributed by atoms with Crippen molar-refractivity contribution >= 4 is 17.3 Å². The molecule has 0 bridgehead atoms. The van der Waals surface area contributed by atoms with E-state index in [9.17, 15) is 14.9 Å². The summed E-state index contributed by atoms with van der Waals surface area (Å²) >= 11 is 0. The molecule has 0 saturated carbocycles. The van der Waals surface area contributed by atoms with Crippen LogP contribution in [0.15, 0.2) is 72.8 Å². The molecule has 1 aromatic heterocycles. The minimum atomic E-state index is -0.525. The quantitative estimate of drug-likeness (QED) is 0.303. The second-order valence-electron chi connectivity index (χ2n) is 7.64. The summed E-state index contributed by atoms with van der Waals surface area (Å²) in [5.74, 6) is 0.385. The maximum Gasteiger partial charge on any atom is 0.275 e. The number of nitrogens with zero attached hydrogens (tertiary/aromatic N) is 3. The summed E-state index contributed by atoms with van der Waals surface area (Å²) in [7, 11) is 0. The van der Waals surface area contributed by atoms with Crippen LogP contribution >= 0.6 is 0 Å². The Kier molecular flexibility index (Phi) is 5.91. The van der Waals surface area contributed by atoms with E-state index in [4.69, 9.17) is 4.74 Å². The summed E-state index contributed by atoms with van der Waals surface area (Å²) < 4.78 is 7.51. The second kappa shape index (κ2) is 8.96. The molecule has 0 aliphatic rings. The number of amides is 1. The van der Waals surface area contributed by atoms with Gasteiger partial charge in [-0.15, -0.1) is 0 Å². The number of ether oxygens (including phenoxy) is 1. The van der Waals surface area contributed by atoms with Gasteiger partial charge in [-0.25, -0.2) is 4.68 Å². The predicted octanol–water partition coefficient (Wildman–Crippen LogP) is 5.75. The number of aromatic nitrogens is 2. The Balaban J connectivity index is 1.65. The van der Waals surface area contributed by atoms with E-state index in [1.807, 2.05) is 62.4 Å². The molecule has 1 heterocycles. The molecule has 4 rings (SSSR count). The lowest BCUT2D eigenvalue weighted by Crippen LogP contribution is -2.14. The molecule has 0 saturated heterocycles. The van der Waals surface area contributed by atoms with Gasteiger partial charge in [0, 0.05) is 12.1 Å². The lowest BCUT2D eigenvalue weighted by Gasteiger charge is -2.10. The SMILES string of the molecule is Cc1cccc(Oc2cc(NC(=O)c3c(C)nn(-c4ccccc4)c3C)cc([N+](=O)[O-])c2)c1. The minimum absolute atomic E-state index is 0.191. The molecule has 1 N–H and O–H groups in total. The largest absolute Gasteiger partial charge is 0.457 e. The fourth-order valence-corrected chi connectivity index (χ4v) is 3.62. The van der Waals surface area contributed by atoms with E-state index in [-0.39, 0.29) is 17.1 Å². The van der Waals surface area contributed by atoms with Crippen molar-refractivity contribution < 1.29 is 14.5 Å². The second-order valence-corrected chi connectivity index (χ2v) is 7.64. The average Bonchev–Trinajstić information content (AvgIpc) is 3.08. The van der Waals surface area contributed by atoms with Crippen molar-refractivity contribution in [3.8, 4) is 17.2 Å². The van der Waals surface area contributed by atoms with Crippen LogP contribution in [0.2, 0.25) is 0 Å². The van der Waals surface area contributed by atoms with Gasteiger partial charge in [-0.3, -0.25) is 14.9 Å².